The minimum Gasteiger partial charge on any atom is -0.494 e. The maximum absolute atomic E-state index is 12.4. The number of carbonyl (C=O) groups is 1. The van der Waals surface area contributed by atoms with Crippen molar-refractivity contribution in [2.75, 3.05) is 50.1 Å². The zero-order chi connectivity index (χ0) is 19.8. The smallest absolute Gasteiger partial charge is 0.255 e. The quantitative estimate of drug-likeness (QED) is 0.707. The molecular weight excluding hydrogens is 354 g/mol. The molecule has 2 heterocycles. The van der Waals surface area contributed by atoms with E-state index in [1.54, 1.807) is 24.5 Å². The molecule has 0 saturated carbocycles. The van der Waals surface area contributed by atoms with E-state index in [0.717, 1.165) is 44.8 Å². The molecule has 7 heteroatoms. The number of aromatic nitrogens is 2. The summed E-state index contributed by atoms with van der Waals surface area (Å²) in [6.07, 6.45) is 6.69. The van der Waals surface area contributed by atoms with Crippen LogP contribution in [0.5, 0.6) is 5.75 Å². The van der Waals surface area contributed by atoms with Crippen LogP contribution in [-0.4, -0.2) is 60.6 Å². The summed E-state index contributed by atoms with van der Waals surface area (Å²) >= 11 is 0. The Labute approximate surface area is 166 Å². The summed E-state index contributed by atoms with van der Waals surface area (Å²) in [6, 6.07) is 7.19. The zero-order valence-electron chi connectivity index (χ0n) is 16.7. The van der Waals surface area contributed by atoms with E-state index in [4.69, 9.17) is 4.74 Å². The Morgan fingerprint density at radius 2 is 1.75 bits per heavy atom. The van der Waals surface area contributed by atoms with E-state index in [1.807, 2.05) is 12.1 Å². The molecule has 7 nitrogen and oxygen atoms in total. The predicted molar refractivity (Wildman–Crippen MR) is 111 cm³/mol. The van der Waals surface area contributed by atoms with E-state index >= 15 is 0 Å². The molecule has 0 spiro atoms. The first-order valence-electron chi connectivity index (χ1n) is 9.95. The number of unbranched alkanes of at least 4 members (excludes halogenated alkanes) is 2. The van der Waals surface area contributed by atoms with Crippen molar-refractivity contribution in [1.82, 2.24) is 14.9 Å². The van der Waals surface area contributed by atoms with E-state index in [-0.39, 0.29) is 5.91 Å². The summed E-state index contributed by atoms with van der Waals surface area (Å²) in [5.41, 5.74) is 1.16. The van der Waals surface area contributed by atoms with Gasteiger partial charge in [-0.1, -0.05) is 19.8 Å². The average molecular weight is 383 g/mol. The number of hydrogen-bond donors (Lipinski definition) is 1. The van der Waals surface area contributed by atoms with Gasteiger partial charge < -0.3 is 19.9 Å². The second-order valence-electron chi connectivity index (χ2n) is 7.10. The minimum absolute atomic E-state index is 0.187. The highest BCUT2D eigenvalue weighted by atomic mass is 16.5. The van der Waals surface area contributed by atoms with Gasteiger partial charge in [-0.2, -0.15) is 0 Å². The monoisotopic (exact) mass is 383 g/mol. The standard InChI is InChI=1S/C21H29N5O2/c1-3-4-5-14-28-19-8-6-17(7-9-19)20(27)24-18-15-22-21(23-16-18)26-12-10-25(2)11-13-26/h6-9,15-16H,3-5,10-14H2,1-2H3,(H,24,27). The van der Waals surface area contributed by atoms with Crippen LogP contribution in [0.4, 0.5) is 11.6 Å². The molecule has 0 aliphatic carbocycles. The van der Waals surface area contributed by atoms with Crippen LogP contribution in [-0.2, 0) is 0 Å². The van der Waals surface area contributed by atoms with E-state index in [1.165, 1.54) is 6.42 Å². The Morgan fingerprint density at radius 3 is 2.39 bits per heavy atom. The first-order chi connectivity index (χ1) is 13.7. The molecule has 2 aromatic rings. The summed E-state index contributed by atoms with van der Waals surface area (Å²) in [5.74, 6) is 1.30. The Balaban J connectivity index is 1.51. The van der Waals surface area contributed by atoms with Gasteiger partial charge in [0.2, 0.25) is 5.95 Å². The molecule has 0 radical (unpaired) electrons. The van der Waals surface area contributed by atoms with E-state index in [0.29, 0.717) is 23.8 Å². The molecule has 1 aliphatic heterocycles. The number of likely N-dealkylation sites (N-methyl/N-ethyl adjacent to an activating group) is 1. The largest absolute Gasteiger partial charge is 0.494 e. The lowest BCUT2D eigenvalue weighted by atomic mass is 10.2. The normalized spacial score (nSPS) is 14.7. The number of benzene rings is 1. The number of nitrogens with zero attached hydrogens (tertiary/aromatic N) is 4. The summed E-state index contributed by atoms with van der Waals surface area (Å²) < 4.78 is 5.68. The molecule has 1 amide bonds. The van der Waals surface area contributed by atoms with Crippen LogP contribution in [0.3, 0.4) is 0 Å². The molecule has 150 valence electrons. The van der Waals surface area contributed by atoms with Gasteiger partial charge in [0.05, 0.1) is 24.7 Å². The van der Waals surface area contributed by atoms with Gasteiger partial charge in [-0.25, -0.2) is 9.97 Å². The number of ether oxygens (including phenoxy) is 1. The van der Waals surface area contributed by atoms with Crippen molar-refractivity contribution in [1.29, 1.82) is 0 Å². The fourth-order valence-electron chi connectivity index (χ4n) is 3.00. The number of carbonyl (C=O) groups excluding carboxylic acids is 1. The van der Waals surface area contributed by atoms with Crippen LogP contribution in [0.15, 0.2) is 36.7 Å². The fourth-order valence-corrected chi connectivity index (χ4v) is 3.00. The molecule has 1 aromatic carbocycles. The number of amides is 1. The Hall–Kier alpha value is -2.67. The lowest BCUT2D eigenvalue weighted by Gasteiger charge is -2.32. The van der Waals surface area contributed by atoms with Crippen LogP contribution in [0.2, 0.25) is 0 Å². The highest BCUT2D eigenvalue weighted by Crippen LogP contribution is 2.16. The first-order valence-corrected chi connectivity index (χ1v) is 9.95. The summed E-state index contributed by atoms with van der Waals surface area (Å²) in [6.45, 7) is 6.69. The van der Waals surface area contributed by atoms with Gasteiger partial charge in [0.1, 0.15) is 5.75 Å². The maximum atomic E-state index is 12.4. The molecular formula is C21H29N5O2. The van der Waals surface area contributed by atoms with E-state index in [9.17, 15) is 4.79 Å². The molecule has 1 aliphatic rings. The van der Waals surface area contributed by atoms with Crippen LogP contribution in [0, 0.1) is 0 Å². The molecule has 1 saturated heterocycles. The number of anilines is 2. The predicted octanol–water partition coefficient (Wildman–Crippen LogP) is 3.05. The molecule has 0 unspecified atom stereocenters. The lowest BCUT2D eigenvalue weighted by Crippen LogP contribution is -2.45. The van der Waals surface area contributed by atoms with Gasteiger partial charge in [0, 0.05) is 31.7 Å². The molecule has 1 aromatic heterocycles. The number of piperazine rings is 1. The third kappa shape index (κ3) is 5.66. The van der Waals surface area contributed by atoms with E-state index < -0.39 is 0 Å². The van der Waals surface area contributed by atoms with Crippen molar-refractivity contribution in [2.24, 2.45) is 0 Å². The Kier molecular flexibility index (Phi) is 7.19. The van der Waals surface area contributed by atoms with Gasteiger partial charge in [-0.3, -0.25) is 4.79 Å². The molecule has 0 bridgehead atoms. The minimum atomic E-state index is -0.187. The second-order valence-corrected chi connectivity index (χ2v) is 7.10. The van der Waals surface area contributed by atoms with E-state index in [2.05, 4.69) is 39.1 Å². The molecule has 3 rings (SSSR count). The van der Waals surface area contributed by atoms with Crippen LogP contribution in [0.25, 0.3) is 0 Å². The lowest BCUT2D eigenvalue weighted by molar-refractivity contribution is 0.102. The van der Waals surface area contributed by atoms with Crippen molar-refractivity contribution < 1.29 is 9.53 Å². The topological polar surface area (TPSA) is 70.6 Å². The van der Waals surface area contributed by atoms with Crippen molar-refractivity contribution in [2.45, 2.75) is 26.2 Å². The molecule has 1 fully saturated rings. The highest BCUT2D eigenvalue weighted by Gasteiger charge is 2.16. The fraction of sp³-hybridized carbons (Fsp3) is 0.476. The molecule has 1 N–H and O–H groups in total. The number of nitrogens with one attached hydrogen (secondary N) is 1. The van der Waals surface area contributed by atoms with Gasteiger partial charge in [-0.05, 0) is 37.7 Å². The van der Waals surface area contributed by atoms with Crippen molar-refractivity contribution in [3.8, 4) is 5.75 Å². The third-order valence-electron chi connectivity index (χ3n) is 4.82. The van der Waals surface area contributed by atoms with Crippen LogP contribution >= 0.6 is 0 Å². The zero-order valence-corrected chi connectivity index (χ0v) is 16.7. The Bertz CT molecular complexity index is 740. The van der Waals surface area contributed by atoms with Crippen molar-refractivity contribution >= 4 is 17.5 Å². The van der Waals surface area contributed by atoms with Crippen molar-refractivity contribution in [3.05, 3.63) is 42.2 Å². The van der Waals surface area contributed by atoms with Gasteiger partial charge >= 0.3 is 0 Å². The van der Waals surface area contributed by atoms with Gasteiger partial charge in [-0.15, -0.1) is 0 Å². The summed E-state index contributed by atoms with van der Waals surface area (Å²) in [7, 11) is 2.11. The van der Waals surface area contributed by atoms with Gasteiger partial charge in [0.25, 0.3) is 5.91 Å². The second kappa shape index (κ2) is 10.0. The van der Waals surface area contributed by atoms with Crippen LogP contribution in [0.1, 0.15) is 36.5 Å². The number of rotatable bonds is 8. The highest BCUT2D eigenvalue weighted by molar-refractivity contribution is 6.04. The first kappa shape index (κ1) is 20.1. The van der Waals surface area contributed by atoms with Gasteiger partial charge in [0.15, 0.2) is 0 Å². The van der Waals surface area contributed by atoms with Crippen molar-refractivity contribution in [3.63, 3.8) is 0 Å². The maximum Gasteiger partial charge on any atom is 0.255 e. The molecule has 28 heavy (non-hydrogen) atoms. The number of hydrogen-bond acceptors (Lipinski definition) is 6. The Morgan fingerprint density at radius 1 is 1.07 bits per heavy atom. The van der Waals surface area contributed by atoms with Crippen LogP contribution < -0.4 is 15.0 Å². The third-order valence-corrected chi connectivity index (χ3v) is 4.82. The molecule has 0 atom stereocenters. The SMILES string of the molecule is CCCCCOc1ccc(C(=O)Nc2cnc(N3CCN(C)CC3)nc2)cc1. The summed E-state index contributed by atoms with van der Waals surface area (Å²) in [4.78, 5) is 25.7. The summed E-state index contributed by atoms with van der Waals surface area (Å²) in [5, 5.41) is 2.84. The average Bonchev–Trinajstić information content (AvgIpc) is 2.73.